The van der Waals surface area contributed by atoms with Gasteiger partial charge >= 0.3 is 5.97 Å². The molecular formula is C9H17NO3. The Balaban J connectivity index is 2.38. The van der Waals surface area contributed by atoms with Crippen LogP contribution in [0.4, 0.5) is 0 Å². The molecule has 1 aliphatic rings. The second kappa shape index (κ2) is 3.64. The highest BCUT2D eigenvalue weighted by atomic mass is 16.6. The van der Waals surface area contributed by atoms with Gasteiger partial charge in [-0.25, -0.2) is 4.79 Å². The minimum atomic E-state index is -0.972. The van der Waals surface area contributed by atoms with E-state index in [-0.39, 0.29) is 5.92 Å². The fourth-order valence-electron chi connectivity index (χ4n) is 1.09. The van der Waals surface area contributed by atoms with Gasteiger partial charge in [-0.05, 0) is 20.8 Å². The number of nitrogens with one attached hydrogen (secondary N) is 1. The minimum Gasteiger partial charge on any atom is -0.458 e. The van der Waals surface area contributed by atoms with E-state index >= 15 is 0 Å². The molecule has 4 nitrogen and oxygen atoms in total. The van der Waals surface area contributed by atoms with Crippen LogP contribution >= 0.6 is 0 Å². The van der Waals surface area contributed by atoms with E-state index in [0.29, 0.717) is 13.1 Å². The Hall–Kier alpha value is -0.610. The molecule has 0 spiro atoms. The van der Waals surface area contributed by atoms with Gasteiger partial charge in [-0.3, -0.25) is 0 Å². The standard InChI is InChI=1S/C9H17NO3/c1-9(2,3)13-8(12)7(11)6-4-10-5-6/h6-7,10-11H,4-5H2,1-3H3/t7-/m0/s1. The van der Waals surface area contributed by atoms with E-state index in [1.807, 2.05) is 0 Å². The van der Waals surface area contributed by atoms with Crippen molar-refractivity contribution in [3.05, 3.63) is 0 Å². The van der Waals surface area contributed by atoms with Gasteiger partial charge in [0.2, 0.25) is 0 Å². The molecular weight excluding hydrogens is 170 g/mol. The van der Waals surface area contributed by atoms with Crippen molar-refractivity contribution in [2.24, 2.45) is 5.92 Å². The third kappa shape index (κ3) is 2.97. The third-order valence-corrected chi connectivity index (χ3v) is 1.91. The average molecular weight is 187 g/mol. The van der Waals surface area contributed by atoms with E-state index in [9.17, 15) is 9.90 Å². The van der Waals surface area contributed by atoms with E-state index in [2.05, 4.69) is 5.32 Å². The monoisotopic (exact) mass is 187 g/mol. The molecule has 1 atom stereocenters. The van der Waals surface area contributed by atoms with Gasteiger partial charge in [0.25, 0.3) is 0 Å². The number of hydrogen-bond donors (Lipinski definition) is 2. The lowest BCUT2D eigenvalue weighted by molar-refractivity contribution is -0.169. The van der Waals surface area contributed by atoms with Gasteiger partial charge in [0, 0.05) is 19.0 Å². The topological polar surface area (TPSA) is 58.6 Å². The normalized spacial score (nSPS) is 20.6. The van der Waals surface area contributed by atoms with Crippen LogP contribution in [0.3, 0.4) is 0 Å². The fourth-order valence-corrected chi connectivity index (χ4v) is 1.09. The lowest BCUT2D eigenvalue weighted by Crippen LogP contribution is -2.52. The lowest BCUT2D eigenvalue weighted by atomic mass is 9.96. The summed E-state index contributed by atoms with van der Waals surface area (Å²) >= 11 is 0. The summed E-state index contributed by atoms with van der Waals surface area (Å²) in [6.07, 6.45) is -0.972. The highest BCUT2D eigenvalue weighted by molar-refractivity contribution is 5.75. The summed E-state index contributed by atoms with van der Waals surface area (Å²) < 4.78 is 5.04. The maximum absolute atomic E-state index is 11.3. The number of esters is 1. The largest absolute Gasteiger partial charge is 0.458 e. The SMILES string of the molecule is CC(C)(C)OC(=O)[C@@H](O)C1CNC1. The molecule has 0 aromatic heterocycles. The maximum Gasteiger partial charge on any atom is 0.335 e. The first-order valence-corrected chi connectivity index (χ1v) is 4.52. The van der Waals surface area contributed by atoms with Crippen LogP contribution in [0.25, 0.3) is 0 Å². The molecule has 4 heteroatoms. The smallest absolute Gasteiger partial charge is 0.335 e. The molecule has 0 aromatic rings. The molecule has 13 heavy (non-hydrogen) atoms. The van der Waals surface area contributed by atoms with Gasteiger partial charge in [0.1, 0.15) is 5.60 Å². The van der Waals surface area contributed by atoms with Gasteiger partial charge in [-0.1, -0.05) is 0 Å². The molecule has 0 unspecified atom stereocenters. The maximum atomic E-state index is 11.3. The zero-order chi connectivity index (χ0) is 10.1. The number of ether oxygens (including phenoxy) is 1. The van der Waals surface area contributed by atoms with Crippen LogP contribution in [0.5, 0.6) is 0 Å². The van der Waals surface area contributed by atoms with Crippen LogP contribution in [0, 0.1) is 5.92 Å². The van der Waals surface area contributed by atoms with Crippen molar-refractivity contribution >= 4 is 5.97 Å². The van der Waals surface area contributed by atoms with Gasteiger partial charge < -0.3 is 15.2 Å². The molecule has 1 aliphatic heterocycles. The lowest BCUT2D eigenvalue weighted by Gasteiger charge is -2.31. The first kappa shape index (κ1) is 10.5. The van der Waals surface area contributed by atoms with E-state index < -0.39 is 17.7 Å². The van der Waals surface area contributed by atoms with Gasteiger partial charge in [0.05, 0.1) is 0 Å². The van der Waals surface area contributed by atoms with Gasteiger partial charge in [-0.2, -0.15) is 0 Å². The number of carbonyl (C=O) groups excluding carboxylic acids is 1. The van der Waals surface area contributed by atoms with Crippen molar-refractivity contribution in [2.75, 3.05) is 13.1 Å². The molecule has 0 aliphatic carbocycles. The van der Waals surface area contributed by atoms with Crippen molar-refractivity contribution in [3.8, 4) is 0 Å². The molecule has 76 valence electrons. The van der Waals surface area contributed by atoms with E-state index in [0.717, 1.165) is 0 Å². The Bertz CT molecular complexity index is 194. The van der Waals surface area contributed by atoms with Crippen LogP contribution in [-0.2, 0) is 9.53 Å². The van der Waals surface area contributed by atoms with Crippen molar-refractivity contribution < 1.29 is 14.6 Å². The predicted molar refractivity (Wildman–Crippen MR) is 48.2 cm³/mol. The summed E-state index contributed by atoms with van der Waals surface area (Å²) in [6.45, 7) is 6.75. The quantitative estimate of drug-likeness (QED) is 0.593. The van der Waals surface area contributed by atoms with Crippen LogP contribution < -0.4 is 5.32 Å². The summed E-state index contributed by atoms with van der Waals surface area (Å²) in [5, 5.41) is 12.5. The second-order valence-corrected chi connectivity index (χ2v) is 4.40. The summed E-state index contributed by atoms with van der Waals surface area (Å²) in [4.78, 5) is 11.3. The zero-order valence-electron chi connectivity index (χ0n) is 8.33. The van der Waals surface area contributed by atoms with E-state index in [4.69, 9.17) is 4.74 Å². The zero-order valence-corrected chi connectivity index (χ0v) is 8.33. The van der Waals surface area contributed by atoms with Crippen molar-refractivity contribution in [1.29, 1.82) is 0 Å². The highest BCUT2D eigenvalue weighted by Gasteiger charge is 2.33. The molecule has 1 rings (SSSR count). The molecule has 1 fully saturated rings. The van der Waals surface area contributed by atoms with E-state index in [1.54, 1.807) is 20.8 Å². The first-order valence-electron chi connectivity index (χ1n) is 4.52. The Kier molecular flexibility index (Phi) is 2.93. The Morgan fingerprint density at radius 3 is 2.38 bits per heavy atom. The minimum absolute atomic E-state index is 0.0230. The molecule has 0 saturated carbocycles. The van der Waals surface area contributed by atoms with E-state index in [1.165, 1.54) is 0 Å². The molecule has 0 bridgehead atoms. The third-order valence-electron chi connectivity index (χ3n) is 1.91. The number of aliphatic hydroxyl groups is 1. The fraction of sp³-hybridized carbons (Fsp3) is 0.889. The van der Waals surface area contributed by atoms with Crippen molar-refractivity contribution in [2.45, 2.75) is 32.5 Å². The van der Waals surface area contributed by atoms with Gasteiger partial charge in [-0.15, -0.1) is 0 Å². The second-order valence-electron chi connectivity index (χ2n) is 4.40. The first-order chi connectivity index (χ1) is 5.90. The summed E-state index contributed by atoms with van der Waals surface area (Å²) in [5.74, 6) is -0.492. The molecule has 0 aromatic carbocycles. The molecule has 0 radical (unpaired) electrons. The Morgan fingerprint density at radius 2 is 2.08 bits per heavy atom. The average Bonchev–Trinajstić information content (AvgIpc) is 1.78. The van der Waals surface area contributed by atoms with Crippen LogP contribution in [0.1, 0.15) is 20.8 Å². The summed E-state index contributed by atoms with van der Waals surface area (Å²) in [7, 11) is 0. The Morgan fingerprint density at radius 1 is 1.54 bits per heavy atom. The summed E-state index contributed by atoms with van der Waals surface area (Å²) in [6, 6.07) is 0. The number of hydrogen-bond acceptors (Lipinski definition) is 4. The number of aliphatic hydroxyl groups excluding tert-OH is 1. The molecule has 2 N–H and O–H groups in total. The number of carbonyl (C=O) groups is 1. The number of rotatable bonds is 2. The van der Waals surface area contributed by atoms with Crippen molar-refractivity contribution in [1.82, 2.24) is 5.32 Å². The van der Waals surface area contributed by atoms with Crippen LogP contribution in [0.15, 0.2) is 0 Å². The Labute approximate surface area is 78.3 Å². The molecule has 1 heterocycles. The van der Waals surface area contributed by atoms with Crippen LogP contribution in [0.2, 0.25) is 0 Å². The highest BCUT2D eigenvalue weighted by Crippen LogP contribution is 2.14. The van der Waals surface area contributed by atoms with Crippen molar-refractivity contribution in [3.63, 3.8) is 0 Å². The van der Waals surface area contributed by atoms with Gasteiger partial charge in [0.15, 0.2) is 6.10 Å². The predicted octanol–water partition coefficient (Wildman–Crippen LogP) is -0.0916. The molecule has 1 saturated heterocycles. The van der Waals surface area contributed by atoms with Crippen LogP contribution in [-0.4, -0.2) is 35.9 Å². The summed E-state index contributed by atoms with van der Waals surface area (Å²) in [5.41, 5.74) is -0.519. The molecule has 0 amide bonds.